The Morgan fingerprint density at radius 3 is 2.07 bits per heavy atom. The summed E-state index contributed by atoms with van der Waals surface area (Å²) in [5, 5.41) is 3.57. The fraction of sp³-hybridized carbons (Fsp3) is 0.0952. The van der Waals surface area contributed by atoms with E-state index in [1.165, 1.54) is 6.07 Å². The number of halogens is 3. The maximum absolute atomic E-state index is 12.8. The SMILES string of the molecule is O=C(CN1C(=O)c2cccc3cccc(c23)C1=O)Nc1cccc(C(F)(F)F)c1. The summed E-state index contributed by atoms with van der Waals surface area (Å²) in [6, 6.07) is 14.2. The van der Waals surface area contributed by atoms with Crippen LogP contribution in [0.5, 0.6) is 0 Å². The van der Waals surface area contributed by atoms with Gasteiger partial charge in [0.05, 0.1) is 5.56 Å². The molecule has 1 aliphatic rings. The average Bonchev–Trinajstić information content (AvgIpc) is 2.69. The van der Waals surface area contributed by atoms with Gasteiger partial charge in [0.25, 0.3) is 11.8 Å². The molecule has 0 spiro atoms. The third-order valence-corrected chi connectivity index (χ3v) is 4.63. The Hall–Kier alpha value is -3.68. The predicted molar refractivity (Wildman–Crippen MR) is 99.4 cm³/mol. The third kappa shape index (κ3) is 3.33. The predicted octanol–water partition coefficient (Wildman–Crippen LogP) is 4.09. The molecular formula is C21H13F3N2O3. The van der Waals surface area contributed by atoms with Gasteiger partial charge < -0.3 is 5.32 Å². The van der Waals surface area contributed by atoms with E-state index in [9.17, 15) is 27.6 Å². The number of anilines is 1. The van der Waals surface area contributed by atoms with Crippen LogP contribution in [0.3, 0.4) is 0 Å². The number of benzene rings is 3. The number of rotatable bonds is 3. The molecule has 1 aliphatic heterocycles. The van der Waals surface area contributed by atoms with Crippen LogP contribution in [0.4, 0.5) is 18.9 Å². The van der Waals surface area contributed by atoms with E-state index in [-0.39, 0.29) is 5.69 Å². The van der Waals surface area contributed by atoms with Crippen LogP contribution in [-0.2, 0) is 11.0 Å². The van der Waals surface area contributed by atoms with E-state index in [0.717, 1.165) is 28.5 Å². The first-order chi connectivity index (χ1) is 13.8. The molecule has 146 valence electrons. The van der Waals surface area contributed by atoms with Gasteiger partial charge in [-0.25, -0.2) is 0 Å². The first kappa shape index (κ1) is 18.7. The van der Waals surface area contributed by atoms with Gasteiger partial charge in [-0.1, -0.05) is 30.3 Å². The van der Waals surface area contributed by atoms with Crippen LogP contribution in [0.25, 0.3) is 10.8 Å². The Bertz CT molecular complexity index is 1120. The van der Waals surface area contributed by atoms with Gasteiger partial charge in [0, 0.05) is 22.2 Å². The van der Waals surface area contributed by atoms with E-state index in [4.69, 9.17) is 0 Å². The zero-order chi connectivity index (χ0) is 20.8. The normalized spacial score (nSPS) is 13.7. The second-order valence-corrected chi connectivity index (χ2v) is 6.53. The lowest BCUT2D eigenvalue weighted by Gasteiger charge is -2.26. The highest BCUT2D eigenvalue weighted by atomic mass is 19.4. The molecule has 4 rings (SSSR count). The van der Waals surface area contributed by atoms with Gasteiger partial charge in [0.2, 0.25) is 5.91 Å². The van der Waals surface area contributed by atoms with Gasteiger partial charge in [-0.2, -0.15) is 13.2 Å². The number of hydrogen-bond donors (Lipinski definition) is 1. The van der Waals surface area contributed by atoms with Crippen molar-refractivity contribution in [1.29, 1.82) is 0 Å². The van der Waals surface area contributed by atoms with E-state index in [2.05, 4.69) is 5.32 Å². The minimum atomic E-state index is -4.55. The van der Waals surface area contributed by atoms with Crippen LogP contribution < -0.4 is 5.32 Å². The van der Waals surface area contributed by atoms with Crippen molar-refractivity contribution < 1.29 is 27.6 Å². The van der Waals surface area contributed by atoms with E-state index in [0.29, 0.717) is 16.5 Å². The highest BCUT2D eigenvalue weighted by molar-refractivity contribution is 6.26. The molecule has 8 heteroatoms. The molecule has 0 aliphatic carbocycles. The lowest BCUT2D eigenvalue weighted by atomic mass is 9.94. The van der Waals surface area contributed by atoms with E-state index < -0.39 is 36.0 Å². The summed E-state index contributed by atoms with van der Waals surface area (Å²) >= 11 is 0. The van der Waals surface area contributed by atoms with Crippen molar-refractivity contribution in [2.45, 2.75) is 6.18 Å². The van der Waals surface area contributed by atoms with Crippen molar-refractivity contribution in [3.05, 3.63) is 77.4 Å². The minimum Gasteiger partial charge on any atom is -0.325 e. The fourth-order valence-electron chi connectivity index (χ4n) is 3.34. The molecule has 0 fully saturated rings. The fourth-order valence-corrected chi connectivity index (χ4v) is 3.34. The first-order valence-electron chi connectivity index (χ1n) is 8.61. The molecule has 0 bridgehead atoms. The summed E-state index contributed by atoms with van der Waals surface area (Å²) in [6.07, 6.45) is -4.55. The van der Waals surface area contributed by atoms with Gasteiger partial charge in [-0.05, 0) is 35.7 Å². The van der Waals surface area contributed by atoms with Gasteiger partial charge >= 0.3 is 6.18 Å². The van der Waals surface area contributed by atoms with Gasteiger partial charge in [-0.3, -0.25) is 19.3 Å². The van der Waals surface area contributed by atoms with Crippen molar-refractivity contribution in [2.75, 3.05) is 11.9 Å². The van der Waals surface area contributed by atoms with Crippen LogP contribution in [0.15, 0.2) is 60.7 Å². The maximum Gasteiger partial charge on any atom is 0.416 e. The Balaban J connectivity index is 1.58. The highest BCUT2D eigenvalue weighted by Gasteiger charge is 2.34. The Morgan fingerprint density at radius 2 is 1.48 bits per heavy atom. The number of amides is 3. The number of carbonyl (C=O) groups is 3. The average molecular weight is 398 g/mol. The summed E-state index contributed by atoms with van der Waals surface area (Å²) in [5.41, 5.74) is -0.403. The van der Waals surface area contributed by atoms with Gasteiger partial charge in [0.1, 0.15) is 6.54 Å². The summed E-state index contributed by atoms with van der Waals surface area (Å²) < 4.78 is 38.5. The first-order valence-corrected chi connectivity index (χ1v) is 8.61. The van der Waals surface area contributed by atoms with Crippen molar-refractivity contribution >= 4 is 34.2 Å². The second-order valence-electron chi connectivity index (χ2n) is 6.53. The molecule has 5 nitrogen and oxygen atoms in total. The molecule has 3 aromatic carbocycles. The van der Waals surface area contributed by atoms with Crippen LogP contribution in [0, 0.1) is 0 Å². The molecule has 3 aromatic rings. The zero-order valence-electron chi connectivity index (χ0n) is 14.8. The summed E-state index contributed by atoms with van der Waals surface area (Å²) in [4.78, 5) is 38.7. The lowest BCUT2D eigenvalue weighted by Crippen LogP contribution is -2.44. The molecule has 29 heavy (non-hydrogen) atoms. The number of carbonyl (C=O) groups excluding carboxylic acids is 3. The van der Waals surface area contributed by atoms with E-state index >= 15 is 0 Å². The molecule has 3 amide bonds. The molecule has 1 heterocycles. The summed E-state index contributed by atoms with van der Waals surface area (Å²) in [6.45, 7) is -0.612. The van der Waals surface area contributed by atoms with Crippen LogP contribution in [0.1, 0.15) is 26.3 Å². The molecule has 0 atom stereocenters. The monoisotopic (exact) mass is 398 g/mol. The standard InChI is InChI=1S/C21H13F3N2O3/c22-21(23,24)13-6-3-7-14(10-13)25-17(27)11-26-19(28)15-8-1-4-12-5-2-9-16(18(12)15)20(26)29/h1-10H,11H2,(H,25,27). The molecular weight excluding hydrogens is 385 g/mol. The largest absolute Gasteiger partial charge is 0.416 e. The summed E-state index contributed by atoms with van der Waals surface area (Å²) in [7, 11) is 0. The number of nitrogens with one attached hydrogen (secondary N) is 1. The molecule has 0 saturated heterocycles. The van der Waals surface area contributed by atoms with Crippen molar-refractivity contribution in [2.24, 2.45) is 0 Å². The number of hydrogen-bond acceptors (Lipinski definition) is 3. The quantitative estimate of drug-likeness (QED) is 0.676. The second kappa shape index (κ2) is 6.73. The van der Waals surface area contributed by atoms with E-state index in [1.54, 1.807) is 36.4 Å². The summed E-state index contributed by atoms with van der Waals surface area (Å²) in [5.74, 6) is -2.03. The van der Waals surface area contributed by atoms with Crippen molar-refractivity contribution in [3.63, 3.8) is 0 Å². The number of imide groups is 1. The third-order valence-electron chi connectivity index (χ3n) is 4.63. The Kier molecular flexibility index (Phi) is 4.34. The van der Waals surface area contributed by atoms with Crippen LogP contribution >= 0.6 is 0 Å². The van der Waals surface area contributed by atoms with Crippen LogP contribution in [-0.4, -0.2) is 29.2 Å². The van der Waals surface area contributed by atoms with E-state index in [1.807, 2.05) is 0 Å². The number of alkyl halides is 3. The van der Waals surface area contributed by atoms with Crippen LogP contribution in [0.2, 0.25) is 0 Å². The molecule has 1 N–H and O–H groups in total. The molecule has 0 unspecified atom stereocenters. The molecule has 0 aromatic heterocycles. The van der Waals surface area contributed by atoms with Crippen molar-refractivity contribution in [1.82, 2.24) is 4.90 Å². The molecule has 0 saturated carbocycles. The van der Waals surface area contributed by atoms with Gasteiger partial charge in [-0.15, -0.1) is 0 Å². The lowest BCUT2D eigenvalue weighted by molar-refractivity contribution is -0.137. The highest BCUT2D eigenvalue weighted by Crippen LogP contribution is 2.31. The molecule has 0 radical (unpaired) electrons. The minimum absolute atomic E-state index is 0.0794. The Labute approximate surface area is 162 Å². The van der Waals surface area contributed by atoms with Gasteiger partial charge in [0.15, 0.2) is 0 Å². The zero-order valence-corrected chi connectivity index (χ0v) is 14.8. The maximum atomic E-state index is 12.8. The smallest absolute Gasteiger partial charge is 0.325 e. The topological polar surface area (TPSA) is 66.5 Å². The van der Waals surface area contributed by atoms with Crippen molar-refractivity contribution in [3.8, 4) is 0 Å². The Morgan fingerprint density at radius 1 is 0.897 bits per heavy atom. The number of nitrogens with zero attached hydrogens (tertiary/aromatic N) is 1.